The summed E-state index contributed by atoms with van der Waals surface area (Å²) in [4.78, 5) is 21.7. The fourth-order valence-electron chi connectivity index (χ4n) is 2.85. The van der Waals surface area contributed by atoms with Crippen LogP contribution < -0.4 is 10.1 Å². The highest BCUT2D eigenvalue weighted by atomic mass is 16.5. The van der Waals surface area contributed by atoms with E-state index in [1.807, 2.05) is 54.6 Å². The topological polar surface area (TPSA) is 64.1 Å². The van der Waals surface area contributed by atoms with E-state index < -0.39 is 0 Å². The summed E-state index contributed by atoms with van der Waals surface area (Å²) in [6, 6.07) is 20.8. The largest absolute Gasteiger partial charge is 0.494 e. The van der Waals surface area contributed by atoms with Crippen LogP contribution in [0.2, 0.25) is 0 Å². The van der Waals surface area contributed by atoms with Crippen LogP contribution in [0.1, 0.15) is 5.56 Å². The number of carbonyl (C=O) groups excluding carboxylic acids is 1. The van der Waals surface area contributed by atoms with Crippen LogP contribution in [-0.4, -0.2) is 23.0 Å². The minimum Gasteiger partial charge on any atom is -0.494 e. The van der Waals surface area contributed by atoms with Gasteiger partial charge in [-0.15, -0.1) is 0 Å². The van der Waals surface area contributed by atoms with E-state index in [0.29, 0.717) is 22.5 Å². The standard InChI is InChI=1S/C22H17N3O2/c1-27-19-13-12-18(23-20(26)14-11-15-7-3-2-4-8-15)21-22(19)25-17-10-6-5-9-16(17)24-21/h2-14H,1H3,(H,23,26). The number of anilines is 1. The number of methoxy groups -OCH3 is 1. The quantitative estimate of drug-likeness (QED) is 0.434. The van der Waals surface area contributed by atoms with E-state index in [0.717, 1.165) is 16.6 Å². The summed E-state index contributed by atoms with van der Waals surface area (Å²) in [5.41, 5.74) is 4.28. The molecule has 0 radical (unpaired) electrons. The first-order chi connectivity index (χ1) is 13.2. The molecule has 0 spiro atoms. The van der Waals surface area contributed by atoms with Crippen LogP contribution >= 0.6 is 0 Å². The van der Waals surface area contributed by atoms with Gasteiger partial charge in [-0.05, 0) is 35.9 Å². The number of rotatable bonds is 4. The zero-order chi connectivity index (χ0) is 18.6. The van der Waals surface area contributed by atoms with Crippen molar-refractivity contribution in [2.75, 3.05) is 12.4 Å². The Labute approximate surface area is 156 Å². The molecule has 1 N–H and O–H groups in total. The fourth-order valence-corrected chi connectivity index (χ4v) is 2.85. The lowest BCUT2D eigenvalue weighted by Gasteiger charge is -2.10. The molecule has 4 aromatic rings. The van der Waals surface area contributed by atoms with Crippen molar-refractivity contribution in [1.82, 2.24) is 9.97 Å². The summed E-state index contributed by atoms with van der Waals surface area (Å²) in [7, 11) is 1.59. The molecule has 0 fully saturated rings. The maximum Gasteiger partial charge on any atom is 0.248 e. The molecule has 132 valence electrons. The van der Waals surface area contributed by atoms with Gasteiger partial charge in [-0.25, -0.2) is 9.97 Å². The summed E-state index contributed by atoms with van der Waals surface area (Å²) in [5.74, 6) is 0.376. The van der Waals surface area contributed by atoms with Gasteiger partial charge < -0.3 is 10.1 Å². The Balaban J connectivity index is 1.72. The van der Waals surface area contributed by atoms with Crippen LogP contribution in [0.15, 0.2) is 72.8 Å². The highest BCUT2D eigenvalue weighted by Crippen LogP contribution is 2.30. The molecule has 1 aromatic heterocycles. The van der Waals surface area contributed by atoms with Crippen LogP contribution in [-0.2, 0) is 4.79 Å². The van der Waals surface area contributed by atoms with E-state index in [1.165, 1.54) is 6.08 Å². The average Bonchev–Trinajstić information content (AvgIpc) is 2.72. The monoisotopic (exact) mass is 355 g/mol. The number of benzene rings is 3. The Hall–Kier alpha value is -3.73. The van der Waals surface area contributed by atoms with Crippen molar-refractivity contribution in [2.24, 2.45) is 0 Å². The Bertz CT molecular complexity index is 1150. The molecule has 0 saturated carbocycles. The van der Waals surface area contributed by atoms with Crippen LogP contribution in [0.4, 0.5) is 5.69 Å². The number of para-hydroxylation sites is 2. The average molecular weight is 355 g/mol. The minimum atomic E-state index is -0.236. The zero-order valence-corrected chi connectivity index (χ0v) is 14.7. The Morgan fingerprint density at radius 3 is 2.26 bits per heavy atom. The molecule has 4 rings (SSSR count). The second-order valence-corrected chi connectivity index (χ2v) is 5.96. The smallest absolute Gasteiger partial charge is 0.248 e. The van der Waals surface area contributed by atoms with Crippen LogP contribution in [0, 0.1) is 0 Å². The summed E-state index contributed by atoms with van der Waals surface area (Å²) >= 11 is 0. The number of aromatic nitrogens is 2. The van der Waals surface area contributed by atoms with Gasteiger partial charge in [-0.2, -0.15) is 0 Å². The summed E-state index contributed by atoms with van der Waals surface area (Å²) in [5, 5.41) is 2.89. The van der Waals surface area contributed by atoms with Gasteiger partial charge in [-0.3, -0.25) is 4.79 Å². The predicted octanol–water partition coefficient (Wildman–Crippen LogP) is 4.44. The third kappa shape index (κ3) is 3.48. The maximum absolute atomic E-state index is 12.4. The van der Waals surface area contributed by atoms with Crippen LogP contribution in [0.5, 0.6) is 5.75 Å². The number of ether oxygens (including phenoxy) is 1. The van der Waals surface area contributed by atoms with Gasteiger partial charge in [0.25, 0.3) is 0 Å². The maximum atomic E-state index is 12.4. The van der Waals surface area contributed by atoms with E-state index in [2.05, 4.69) is 15.3 Å². The summed E-state index contributed by atoms with van der Waals surface area (Å²) in [6.07, 6.45) is 3.27. The first kappa shape index (κ1) is 16.7. The molecule has 0 aliphatic rings. The highest BCUT2D eigenvalue weighted by Gasteiger charge is 2.12. The molecule has 0 saturated heterocycles. The van der Waals surface area contributed by atoms with Crippen LogP contribution in [0.25, 0.3) is 28.1 Å². The van der Waals surface area contributed by atoms with Crippen LogP contribution in [0.3, 0.4) is 0 Å². The molecule has 0 atom stereocenters. The Morgan fingerprint density at radius 1 is 0.889 bits per heavy atom. The molecule has 27 heavy (non-hydrogen) atoms. The molecule has 3 aromatic carbocycles. The normalized spacial score (nSPS) is 11.1. The minimum absolute atomic E-state index is 0.236. The first-order valence-electron chi connectivity index (χ1n) is 8.52. The molecule has 5 heteroatoms. The van der Waals surface area contributed by atoms with E-state index in [9.17, 15) is 4.79 Å². The number of amides is 1. The summed E-state index contributed by atoms with van der Waals surface area (Å²) < 4.78 is 5.41. The van der Waals surface area contributed by atoms with E-state index >= 15 is 0 Å². The second-order valence-electron chi connectivity index (χ2n) is 5.96. The number of nitrogens with zero attached hydrogens (tertiary/aromatic N) is 2. The molecular formula is C22H17N3O2. The van der Waals surface area contributed by atoms with Crippen molar-refractivity contribution >= 4 is 39.7 Å². The van der Waals surface area contributed by atoms with Gasteiger partial charge in [0, 0.05) is 6.08 Å². The second kappa shape index (κ2) is 7.25. The Morgan fingerprint density at radius 2 is 1.56 bits per heavy atom. The molecule has 0 bridgehead atoms. The third-order valence-corrected chi connectivity index (χ3v) is 4.16. The lowest BCUT2D eigenvalue weighted by molar-refractivity contribution is -0.111. The number of hydrogen-bond donors (Lipinski definition) is 1. The van der Waals surface area contributed by atoms with Gasteiger partial charge in [0.15, 0.2) is 0 Å². The number of fused-ring (bicyclic) bond motifs is 2. The van der Waals surface area contributed by atoms with E-state index in [-0.39, 0.29) is 5.91 Å². The van der Waals surface area contributed by atoms with Crippen molar-refractivity contribution in [3.05, 3.63) is 78.4 Å². The van der Waals surface area contributed by atoms with Crippen molar-refractivity contribution < 1.29 is 9.53 Å². The van der Waals surface area contributed by atoms with Crippen molar-refractivity contribution in [1.29, 1.82) is 0 Å². The highest BCUT2D eigenvalue weighted by molar-refractivity contribution is 6.07. The van der Waals surface area contributed by atoms with Gasteiger partial charge in [0.2, 0.25) is 5.91 Å². The van der Waals surface area contributed by atoms with Crippen molar-refractivity contribution in [2.45, 2.75) is 0 Å². The van der Waals surface area contributed by atoms with E-state index in [1.54, 1.807) is 25.3 Å². The molecule has 0 aliphatic carbocycles. The lowest BCUT2D eigenvalue weighted by atomic mass is 10.2. The predicted molar refractivity (Wildman–Crippen MR) is 108 cm³/mol. The molecule has 1 amide bonds. The van der Waals surface area contributed by atoms with Gasteiger partial charge in [0.1, 0.15) is 16.8 Å². The SMILES string of the molecule is COc1ccc(NC(=O)C=Cc2ccccc2)c2nc3ccccc3nc12. The number of nitrogens with one attached hydrogen (secondary N) is 1. The Kier molecular flexibility index (Phi) is 4.49. The molecular weight excluding hydrogens is 338 g/mol. The molecule has 1 heterocycles. The first-order valence-corrected chi connectivity index (χ1v) is 8.52. The van der Waals surface area contributed by atoms with E-state index in [4.69, 9.17) is 4.74 Å². The number of hydrogen-bond acceptors (Lipinski definition) is 4. The lowest BCUT2D eigenvalue weighted by Crippen LogP contribution is -2.09. The van der Waals surface area contributed by atoms with Gasteiger partial charge in [0.05, 0.1) is 23.8 Å². The van der Waals surface area contributed by atoms with Crippen molar-refractivity contribution in [3.8, 4) is 5.75 Å². The molecule has 0 unspecified atom stereocenters. The van der Waals surface area contributed by atoms with Gasteiger partial charge >= 0.3 is 0 Å². The zero-order valence-electron chi connectivity index (χ0n) is 14.7. The molecule has 5 nitrogen and oxygen atoms in total. The van der Waals surface area contributed by atoms with Gasteiger partial charge in [-0.1, -0.05) is 42.5 Å². The summed E-state index contributed by atoms with van der Waals surface area (Å²) in [6.45, 7) is 0. The number of carbonyl (C=O) groups is 1. The fraction of sp³-hybridized carbons (Fsp3) is 0.0455. The molecule has 0 aliphatic heterocycles. The third-order valence-electron chi connectivity index (χ3n) is 4.16. The van der Waals surface area contributed by atoms with Crippen molar-refractivity contribution in [3.63, 3.8) is 0 Å².